The van der Waals surface area contributed by atoms with Gasteiger partial charge in [-0.05, 0) is 64.2 Å². The summed E-state index contributed by atoms with van der Waals surface area (Å²) in [5.74, 6) is -2.95. The van der Waals surface area contributed by atoms with Crippen LogP contribution in [0.1, 0.15) is 206 Å². The van der Waals surface area contributed by atoms with E-state index in [1.807, 2.05) is 42.3 Å². The molecule has 0 heterocycles. The van der Waals surface area contributed by atoms with Crippen molar-refractivity contribution in [2.24, 2.45) is 0 Å². The third kappa shape index (κ3) is 49.6. The molecule has 2 unspecified atom stereocenters. The summed E-state index contributed by atoms with van der Waals surface area (Å²) in [7, 11) is 11.7. The standard InChI is InChI=1S/2C25H47NO4/c2*1-5-6-7-8-9-10-11-12-13-14-15-16-17-18-19-20-25(29)30-23(21-24(27)28)22-26(2,3)4/h2*12-13,23H,5-11,14-22H2,1-4H3. The molecule has 10 heteroatoms. The molecule has 352 valence electrons. The largest absolute Gasteiger partial charge is 0.550 e. The summed E-state index contributed by atoms with van der Waals surface area (Å²) in [6, 6.07) is 0. The van der Waals surface area contributed by atoms with E-state index in [1.54, 1.807) is 0 Å². The van der Waals surface area contributed by atoms with E-state index in [0.717, 1.165) is 51.4 Å². The second-order valence-corrected chi connectivity index (χ2v) is 19.0. The Morgan fingerprint density at radius 2 is 0.667 bits per heavy atom. The maximum atomic E-state index is 12.0. The fourth-order valence-corrected chi connectivity index (χ4v) is 7.05. The van der Waals surface area contributed by atoms with E-state index in [-0.39, 0.29) is 24.8 Å². The number of carboxylic acids is 2. The number of allylic oxidation sites excluding steroid dienone is 4. The first kappa shape index (κ1) is 59.4. The number of likely N-dealkylation sites (N-methyl/N-ethyl adjacent to an activating group) is 2. The first-order valence-electron chi connectivity index (χ1n) is 24.2. The molecule has 0 radical (unpaired) electrons. The summed E-state index contributed by atoms with van der Waals surface area (Å²) in [5.41, 5.74) is 0. The highest BCUT2D eigenvalue weighted by Gasteiger charge is 2.23. The van der Waals surface area contributed by atoms with Crippen LogP contribution in [0.2, 0.25) is 0 Å². The Balaban J connectivity index is 0. The van der Waals surface area contributed by atoms with Crippen LogP contribution in [0.15, 0.2) is 24.3 Å². The Labute approximate surface area is 369 Å². The Morgan fingerprint density at radius 1 is 0.417 bits per heavy atom. The van der Waals surface area contributed by atoms with Gasteiger partial charge in [0.1, 0.15) is 13.1 Å². The Morgan fingerprint density at radius 3 is 0.917 bits per heavy atom. The number of nitrogens with zero attached hydrogens (tertiary/aromatic N) is 2. The first-order valence-corrected chi connectivity index (χ1v) is 24.2. The number of hydrogen-bond donors (Lipinski definition) is 0. The molecular weight excluding hydrogens is 757 g/mol. The SMILES string of the molecule is CCCCCCCCC=CCCCCCCCC(=O)OC(CC(=O)[O-])C[N+](C)(C)C.CCCCCCCCC=CCCCCCCCC(=O)OC(CC(=O)[O-])C[N+](C)(C)C. The molecule has 0 aromatic heterocycles. The maximum Gasteiger partial charge on any atom is 0.306 e. The number of carbonyl (C=O) groups is 4. The van der Waals surface area contributed by atoms with Crippen molar-refractivity contribution in [3.8, 4) is 0 Å². The van der Waals surface area contributed by atoms with Crippen molar-refractivity contribution >= 4 is 23.9 Å². The van der Waals surface area contributed by atoms with Crippen LogP contribution in [0, 0.1) is 0 Å². The van der Waals surface area contributed by atoms with Crippen LogP contribution >= 0.6 is 0 Å². The second kappa shape index (κ2) is 40.4. The highest BCUT2D eigenvalue weighted by molar-refractivity contribution is 5.71. The van der Waals surface area contributed by atoms with Crippen molar-refractivity contribution < 1.29 is 47.8 Å². The van der Waals surface area contributed by atoms with Gasteiger partial charge in [0.2, 0.25) is 0 Å². The zero-order valence-electron chi connectivity index (χ0n) is 40.3. The molecule has 0 rings (SSSR count). The number of ether oxygens (including phenoxy) is 2. The van der Waals surface area contributed by atoms with Crippen LogP contribution in [0.4, 0.5) is 0 Å². The van der Waals surface area contributed by atoms with Gasteiger partial charge in [0.15, 0.2) is 12.2 Å². The molecule has 0 N–H and O–H groups in total. The summed E-state index contributed by atoms with van der Waals surface area (Å²) in [6.07, 6.45) is 39.9. The number of unbranched alkanes of at least 4 members (excludes halogenated alkanes) is 22. The molecule has 0 saturated heterocycles. The molecule has 10 nitrogen and oxygen atoms in total. The van der Waals surface area contributed by atoms with Gasteiger partial charge in [-0.2, -0.15) is 0 Å². The Hall–Kier alpha value is -2.72. The topological polar surface area (TPSA) is 133 Å². The van der Waals surface area contributed by atoms with Gasteiger partial charge < -0.3 is 38.2 Å². The Bertz CT molecular complexity index is 1020. The van der Waals surface area contributed by atoms with Crippen molar-refractivity contribution in [1.82, 2.24) is 0 Å². The van der Waals surface area contributed by atoms with Gasteiger partial charge in [-0.1, -0.05) is 141 Å². The van der Waals surface area contributed by atoms with E-state index in [0.29, 0.717) is 34.9 Å². The molecule has 0 spiro atoms. The van der Waals surface area contributed by atoms with E-state index in [4.69, 9.17) is 9.47 Å². The molecule has 60 heavy (non-hydrogen) atoms. The lowest BCUT2D eigenvalue weighted by atomic mass is 10.1. The molecule has 0 aliphatic carbocycles. The zero-order valence-corrected chi connectivity index (χ0v) is 40.3. The fraction of sp³-hybridized carbons (Fsp3) is 0.840. The van der Waals surface area contributed by atoms with Gasteiger partial charge in [0.25, 0.3) is 0 Å². The lowest BCUT2D eigenvalue weighted by molar-refractivity contribution is -0.873. The minimum Gasteiger partial charge on any atom is -0.550 e. The molecule has 0 aromatic rings. The van der Waals surface area contributed by atoms with E-state index in [1.165, 1.54) is 116 Å². The Kier molecular flexibility index (Phi) is 39.9. The third-order valence-electron chi connectivity index (χ3n) is 10.2. The van der Waals surface area contributed by atoms with Gasteiger partial charge in [-0.15, -0.1) is 0 Å². The maximum absolute atomic E-state index is 12.0. The fourth-order valence-electron chi connectivity index (χ4n) is 7.05. The van der Waals surface area contributed by atoms with E-state index in [9.17, 15) is 29.4 Å². The lowest BCUT2D eigenvalue weighted by Crippen LogP contribution is -2.45. The second-order valence-electron chi connectivity index (χ2n) is 19.0. The predicted molar refractivity (Wildman–Crippen MR) is 244 cm³/mol. The van der Waals surface area contributed by atoms with E-state index >= 15 is 0 Å². The van der Waals surface area contributed by atoms with Crippen LogP contribution in [-0.4, -0.2) is 100 Å². The molecule has 0 aliphatic rings. The van der Waals surface area contributed by atoms with Crippen LogP contribution in [0.25, 0.3) is 0 Å². The van der Waals surface area contributed by atoms with Crippen molar-refractivity contribution in [3.63, 3.8) is 0 Å². The highest BCUT2D eigenvalue weighted by Crippen LogP contribution is 2.14. The van der Waals surface area contributed by atoms with Gasteiger partial charge in [0, 0.05) is 37.6 Å². The number of aliphatic carboxylic acids is 2. The summed E-state index contributed by atoms with van der Waals surface area (Å²) < 4.78 is 11.8. The molecule has 0 aliphatic heterocycles. The lowest BCUT2D eigenvalue weighted by Gasteiger charge is -2.29. The van der Waals surface area contributed by atoms with Gasteiger partial charge in [-0.3, -0.25) is 9.59 Å². The first-order chi connectivity index (χ1) is 28.5. The number of esters is 2. The molecule has 0 bridgehead atoms. The van der Waals surface area contributed by atoms with Crippen LogP contribution in [-0.2, 0) is 28.7 Å². The number of rotatable bonds is 40. The number of carboxylic acid groups (broad SMARTS) is 2. The smallest absolute Gasteiger partial charge is 0.306 e. The average Bonchev–Trinajstić information content (AvgIpc) is 3.13. The van der Waals surface area contributed by atoms with Gasteiger partial charge >= 0.3 is 11.9 Å². The van der Waals surface area contributed by atoms with Crippen molar-refractivity contribution in [2.75, 3.05) is 55.4 Å². The summed E-state index contributed by atoms with van der Waals surface area (Å²) >= 11 is 0. The number of hydrogen-bond acceptors (Lipinski definition) is 8. The minimum absolute atomic E-state index is 0.242. The quantitative estimate of drug-likeness (QED) is 0.0258. The summed E-state index contributed by atoms with van der Waals surface area (Å²) in [6.45, 7) is 5.43. The summed E-state index contributed by atoms with van der Waals surface area (Å²) in [5, 5.41) is 21.7. The molecule has 0 fully saturated rings. The molecular formula is C50H94N2O8. The van der Waals surface area contributed by atoms with Crippen LogP contribution in [0.3, 0.4) is 0 Å². The van der Waals surface area contributed by atoms with E-state index < -0.39 is 24.1 Å². The zero-order chi connectivity index (χ0) is 45.3. The van der Waals surface area contributed by atoms with Crippen LogP contribution in [0.5, 0.6) is 0 Å². The minimum atomic E-state index is -1.18. The van der Waals surface area contributed by atoms with Crippen molar-refractivity contribution in [1.29, 1.82) is 0 Å². The predicted octanol–water partition coefficient (Wildman–Crippen LogP) is 9.56. The molecule has 2 atom stereocenters. The molecule has 0 saturated carbocycles. The molecule has 0 amide bonds. The number of carbonyl (C=O) groups excluding carboxylic acids is 4. The third-order valence-corrected chi connectivity index (χ3v) is 10.2. The van der Waals surface area contributed by atoms with Crippen molar-refractivity contribution in [3.05, 3.63) is 24.3 Å². The van der Waals surface area contributed by atoms with Gasteiger partial charge in [-0.25, -0.2) is 0 Å². The van der Waals surface area contributed by atoms with Gasteiger partial charge in [0.05, 0.1) is 42.3 Å². The average molecular weight is 851 g/mol. The normalized spacial score (nSPS) is 12.9. The van der Waals surface area contributed by atoms with Crippen LogP contribution < -0.4 is 10.2 Å². The van der Waals surface area contributed by atoms with E-state index in [2.05, 4.69) is 38.2 Å². The monoisotopic (exact) mass is 851 g/mol. The highest BCUT2D eigenvalue weighted by atomic mass is 16.5. The summed E-state index contributed by atoms with van der Waals surface area (Å²) in [4.78, 5) is 45.7. The molecule has 0 aromatic carbocycles. The number of quaternary nitrogens is 2. The van der Waals surface area contributed by atoms with Crippen molar-refractivity contribution in [2.45, 2.75) is 219 Å².